The van der Waals surface area contributed by atoms with E-state index < -0.39 is 23.1 Å². The molecule has 0 aliphatic carbocycles. The molecule has 1 N–H and O–H groups in total. The average Bonchev–Trinajstić information content (AvgIpc) is 3.13. The zero-order valence-corrected chi connectivity index (χ0v) is 18.3. The molecule has 1 aromatic carbocycles. The lowest BCUT2D eigenvalue weighted by Crippen LogP contribution is -2.23. The van der Waals surface area contributed by atoms with Crippen molar-refractivity contribution in [1.29, 1.82) is 0 Å². The molecular weight excluding hydrogens is 473 g/mol. The van der Waals surface area contributed by atoms with Crippen molar-refractivity contribution in [1.82, 2.24) is 24.8 Å². The predicted molar refractivity (Wildman–Crippen MR) is 111 cm³/mol. The Morgan fingerprint density at radius 3 is 2.69 bits per heavy atom. The largest absolute Gasteiger partial charge is 0.491 e. The molecule has 0 saturated heterocycles. The summed E-state index contributed by atoms with van der Waals surface area (Å²) in [4.78, 5) is 24.8. The first kappa shape index (κ1) is 23.6. The number of aryl methyl sites for hydroxylation is 1. The maximum Gasteiger partial charge on any atom is 0.416 e. The monoisotopic (exact) mass is 488 g/mol. The number of anilines is 1. The smallest absolute Gasteiger partial charge is 0.416 e. The lowest BCUT2D eigenvalue weighted by molar-refractivity contribution is -0.137. The summed E-state index contributed by atoms with van der Waals surface area (Å²) in [6.07, 6.45) is -3.24. The lowest BCUT2D eigenvalue weighted by atomic mass is 10.2. The Morgan fingerprint density at radius 1 is 1.31 bits per heavy atom. The third kappa shape index (κ3) is 5.59. The van der Waals surface area contributed by atoms with E-state index in [1.165, 1.54) is 40.4 Å². The minimum Gasteiger partial charge on any atom is -0.491 e. The number of carbonyl (C=O) groups excluding carboxylic acids is 1. The molecule has 0 atom stereocenters. The fourth-order valence-corrected chi connectivity index (χ4v) is 3.65. The van der Waals surface area contributed by atoms with Crippen molar-refractivity contribution in [3.8, 4) is 5.75 Å². The van der Waals surface area contributed by atoms with Gasteiger partial charge in [-0.15, -0.1) is 5.10 Å². The molecule has 0 aliphatic heterocycles. The van der Waals surface area contributed by atoms with Gasteiger partial charge in [0.2, 0.25) is 16.5 Å². The number of carbonyl (C=O) groups is 1. The van der Waals surface area contributed by atoms with Crippen LogP contribution in [0.2, 0.25) is 5.02 Å². The quantitative estimate of drug-likeness (QED) is 0.510. The van der Waals surface area contributed by atoms with Crippen molar-refractivity contribution in [3.05, 3.63) is 57.0 Å². The van der Waals surface area contributed by atoms with Crippen molar-refractivity contribution >= 4 is 35.0 Å². The van der Waals surface area contributed by atoms with Gasteiger partial charge >= 0.3 is 6.18 Å². The van der Waals surface area contributed by atoms with E-state index in [0.29, 0.717) is 10.9 Å². The molecule has 0 fully saturated rings. The van der Waals surface area contributed by atoms with E-state index in [-0.39, 0.29) is 28.8 Å². The van der Waals surface area contributed by atoms with Crippen LogP contribution in [0.3, 0.4) is 0 Å². The zero-order chi connectivity index (χ0) is 23.5. The zero-order valence-electron chi connectivity index (χ0n) is 16.7. The van der Waals surface area contributed by atoms with E-state index in [2.05, 4.69) is 20.8 Å². The van der Waals surface area contributed by atoms with E-state index >= 15 is 0 Å². The number of ether oxygens (including phenoxy) is 1. The number of benzene rings is 1. The van der Waals surface area contributed by atoms with Gasteiger partial charge in [-0.2, -0.15) is 13.2 Å². The highest BCUT2D eigenvalue weighted by molar-refractivity contribution is 7.98. The lowest BCUT2D eigenvalue weighted by Gasteiger charge is -2.16. The fraction of sp³-hybridized carbons (Fsp3) is 0.278. The van der Waals surface area contributed by atoms with E-state index in [4.69, 9.17) is 16.3 Å². The second kappa shape index (κ2) is 9.61. The molecule has 2 heterocycles. The first-order chi connectivity index (χ1) is 15.1. The highest BCUT2D eigenvalue weighted by Gasteiger charge is 2.31. The highest BCUT2D eigenvalue weighted by atomic mass is 35.5. The van der Waals surface area contributed by atoms with Crippen molar-refractivity contribution in [2.24, 2.45) is 7.05 Å². The molecule has 0 saturated carbocycles. The van der Waals surface area contributed by atoms with E-state index in [0.717, 1.165) is 18.2 Å². The number of tetrazole rings is 1. The number of nitrogens with zero attached hydrogens (tertiary/aromatic N) is 5. The number of aromatic nitrogens is 5. The minimum absolute atomic E-state index is 0.00368. The van der Waals surface area contributed by atoms with Crippen LogP contribution in [-0.4, -0.2) is 37.8 Å². The van der Waals surface area contributed by atoms with Crippen molar-refractivity contribution in [2.45, 2.75) is 23.6 Å². The van der Waals surface area contributed by atoms with Gasteiger partial charge in [0.25, 0.3) is 0 Å². The fourth-order valence-electron chi connectivity index (χ4n) is 2.64. The van der Waals surface area contributed by atoms with E-state index in [1.54, 1.807) is 7.05 Å². The summed E-state index contributed by atoms with van der Waals surface area (Å²) in [5.41, 5.74) is -1.07. The van der Waals surface area contributed by atoms with Gasteiger partial charge in [0, 0.05) is 24.6 Å². The molecule has 3 rings (SSSR count). The average molecular weight is 489 g/mol. The van der Waals surface area contributed by atoms with Crippen molar-refractivity contribution < 1.29 is 22.7 Å². The number of amides is 1. The molecule has 0 radical (unpaired) electrons. The summed E-state index contributed by atoms with van der Waals surface area (Å²) in [6.45, 7) is -0.309. The Labute approximate surface area is 188 Å². The van der Waals surface area contributed by atoms with E-state index in [9.17, 15) is 22.8 Å². The first-order valence-corrected chi connectivity index (χ1v) is 10.2. The van der Waals surface area contributed by atoms with Crippen molar-refractivity contribution in [2.75, 3.05) is 12.4 Å². The Morgan fingerprint density at radius 2 is 2.06 bits per heavy atom. The molecule has 3 aromatic rings. The Balaban J connectivity index is 1.83. The third-order valence-electron chi connectivity index (χ3n) is 4.21. The normalized spacial score (nSPS) is 11.4. The van der Waals surface area contributed by atoms with Gasteiger partial charge in [0.05, 0.1) is 29.6 Å². The molecule has 0 bridgehead atoms. The third-order valence-corrected chi connectivity index (χ3v) is 5.59. The number of hydrogen-bond acceptors (Lipinski definition) is 7. The summed E-state index contributed by atoms with van der Waals surface area (Å²) in [5, 5.41) is 13.9. The maximum absolute atomic E-state index is 13.0. The Kier molecular flexibility index (Phi) is 7.09. The molecule has 2 aromatic heterocycles. The number of alkyl halides is 3. The molecule has 0 spiro atoms. The van der Waals surface area contributed by atoms with Crippen LogP contribution >= 0.6 is 23.4 Å². The summed E-state index contributed by atoms with van der Waals surface area (Å²) < 4.78 is 46.8. The number of rotatable bonds is 7. The van der Waals surface area contributed by atoms with Gasteiger partial charge in [-0.3, -0.25) is 9.59 Å². The first-order valence-electron chi connectivity index (χ1n) is 8.87. The number of hydrogen-bond donors (Lipinski definition) is 1. The molecule has 14 heteroatoms. The van der Waals surface area contributed by atoms with Gasteiger partial charge < -0.3 is 14.6 Å². The highest BCUT2D eigenvalue weighted by Crippen LogP contribution is 2.33. The predicted octanol–water partition coefficient (Wildman–Crippen LogP) is 2.98. The second-order valence-corrected chi connectivity index (χ2v) is 7.79. The van der Waals surface area contributed by atoms with Gasteiger partial charge in [0.1, 0.15) is 6.54 Å². The summed E-state index contributed by atoms with van der Waals surface area (Å²) in [6, 6.07) is 3.94. The number of halogens is 4. The SMILES string of the molecule is COc1cn(CC(=O)Nc2cc(C(F)(F)F)ccc2Cl)c(CSc2nnnn2C)cc1=O. The number of pyridine rings is 1. The van der Waals surface area contributed by atoms with Gasteiger partial charge in [0.15, 0.2) is 5.75 Å². The maximum atomic E-state index is 13.0. The molecular formula is C18H16ClF3N6O3S. The van der Waals surface area contributed by atoms with Crippen LogP contribution < -0.4 is 15.5 Å². The van der Waals surface area contributed by atoms with Crippen LogP contribution in [0.1, 0.15) is 11.3 Å². The number of nitrogens with one attached hydrogen (secondary N) is 1. The van der Waals surface area contributed by atoms with Gasteiger partial charge in [-0.05, 0) is 28.6 Å². The molecule has 9 nitrogen and oxygen atoms in total. The van der Waals surface area contributed by atoms with Crippen LogP contribution in [0.15, 0.2) is 40.4 Å². The number of thioether (sulfide) groups is 1. The van der Waals surface area contributed by atoms with Crippen molar-refractivity contribution in [3.63, 3.8) is 0 Å². The topological polar surface area (TPSA) is 104 Å². The van der Waals surface area contributed by atoms with Gasteiger partial charge in [-0.1, -0.05) is 23.4 Å². The van der Waals surface area contributed by atoms with Gasteiger partial charge in [-0.25, -0.2) is 4.68 Å². The Hall–Kier alpha value is -3.06. The summed E-state index contributed by atoms with van der Waals surface area (Å²) in [7, 11) is 2.96. The minimum atomic E-state index is -4.59. The molecule has 32 heavy (non-hydrogen) atoms. The van der Waals surface area contributed by atoms with Crippen LogP contribution in [0.4, 0.5) is 18.9 Å². The number of methoxy groups -OCH3 is 1. The molecule has 170 valence electrons. The van der Waals surface area contributed by atoms with Crippen LogP contribution in [0.25, 0.3) is 0 Å². The molecule has 0 aliphatic rings. The van der Waals surface area contributed by atoms with E-state index in [1.807, 2.05) is 0 Å². The Bertz CT molecular complexity index is 1200. The van der Waals surface area contributed by atoms with Crippen LogP contribution in [-0.2, 0) is 30.3 Å². The summed E-state index contributed by atoms with van der Waals surface area (Å²) >= 11 is 7.17. The standard InChI is InChI=1S/C18H16ClF3N6O3S/c1-27-17(24-25-26-27)32-9-11-6-14(29)15(31-2)7-28(11)8-16(30)23-13-5-10(18(20,21)22)3-4-12(13)19/h3-7H,8-9H2,1-2H3,(H,23,30). The summed E-state index contributed by atoms with van der Waals surface area (Å²) in [5.74, 6) is -0.405. The molecule has 0 unspecified atom stereocenters. The van der Waals surface area contributed by atoms with Crippen LogP contribution in [0.5, 0.6) is 5.75 Å². The van der Waals surface area contributed by atoms with Crippen LogP contribution in [0, 0.1) is 0 Å². The second-order valence-electron chi connectivity index (χ2n) is 6.44. The molecule has 1 amide bonds.